The van der Waals surface area contributed by atoms with Crippen molar-refractivity contribution in [1.82, 2.24) is 0 Å². The summed E-state index contributed by atoms with van der Waals surface area (Å²) in [5.41, 5.74) is 0. The predicted octanol–water partition coefficient (Wildman–Crippen LogP) is 1.11. The Morgan fingerprint density at radius 1 is 0.818 bits per heavy atom. The largest absolute Gasteiger partial charge is 0.508 e. The van der Waals surface area contributed by atoms with E-state index in [1.807, 2.05) is 0 Å². The molecule has 0 spiro atoms. The molecule has 10 heteroatoms. The van der Waals surface area contributed by atoms with Crippen molar-refractivity contribution in [2.75, 3.05) is 0 Å². The van der Waals surface area contributed by atoms with Crippen LogP contribution in [0.3, 0.4) is 0 Å². The van der Waals surface area contributed by atoms with Crippen molar-refractivity contribution < 1.29 is 35.8 Å². The number of phenolic OH excluding ortho intramolecular Hbond substituents is 2. The van der Waals surface area contributed by atoms with E-state index in [0.29, 0.717) is 6.07 Å². The third-order valence-electron chi connectivity index (χ3n) is 2.53. The van der Waals surface area contributed by atoms with E-state index in [0.717, 1.165) is 36.4 Å². The molecular formula is C12H10O8S2. The van der Waals surface area contributed by atoms with Crippen molar-refractivity contribution in [2.45, 2.75) is 9.79 Å². The molecule has 0 fully saturated rings. The minimum absolute atomic E-state index is 0.165. The topological polar surface area (TPSA) is 138 Å². The molecule has 2 aromatic rings. The van der Waals surface area contributed by atoms with E-state index in [1.165, 1.54) is 0 Å². The Morgan fingerprint density at radius 3 is 1.91 bits per heavy atom. The normalized spacial score (nSPS) is 12.0. The number of aromatic hydroxyl groups is 2. The lowest BCUT2D eigenvalue weighted by atomic mass is 10.3. The summed E-state index contributed by atoms with van der Waals surface area (Å²) in [7, 11) is -9.20. The molecule has 22 heavy (non-hydrogen) atoms. The minimum Gasteiger partial charge on any atom is -0.508 e. The van der Waals surface area contributed by atoms with Crippen molar-refractivity contribution >= 4 is 20.2 Å². The molecule has 8 nitrogen and oxygen atoms in total. The molecule has 0 amide bonds. The fourth-order valence-electron chi connectivity index (χ4n) is 1.55. The van der Waals surface area contributed by atoms with Gasteiger partial charge in [-0.15, -0.1) is 0 Å². The first-order valence-electron chi connectivity index (χ1n) is 5.63. The summed E-state index contributed by atoms with van der Waals surface area (Å²) < 4.78 is 60.2. The molecule has 2 rings (SSSR count). The molecule has 0 bridgehead atoms. The smallest absolute Gasteiger partial charge is 0.339 e. The molecular weight excluding hydrogens is 336 g/mol. The standard InChI is InChI=1S/C12H10O8S2/c13-8-1-4-10(5-2-8)22(18,19)20-11-6-3-9(14)7-12(11)21(15,16)17/h1-7,13-14H,(H,15,16,17). The monoisotopic (exact) mass is 346 g/mol. The van der Waals surface area contributed by atoms with Gasteiger partial charge in [0.25, 0.3) is 10.1 Å². The molecule has 3 N–H and O–H groups in total. The van der Waals surface area contributed by atoms with Crippen LogP contribution in [0, 0.1) is 0 Å². The first-order valence-corrected chi connectivity index (χ1v) is 8.48. The molecule has 0 radical (unpaired) electrons. The van der Waals surface area contributed by atoms with E-state index in [2.05, 4.69) is 4.18 Å². The van der Waals surface area contributed by atoms with Crippen LogP contribution in [-0.4, -0.2) is 31.6 Å². The average molecular weight is 346 g/mol. The lowest BCUT2D eigenvalue weighted by molar-refractivity contribution is 0.450. The molecule has 0 saturated heterocycles. The first-order chi connectivity index (χ1) is 10.1. The summed E-state index contributed by atoms with van der Waals surface area (Å²) in [6, 6.07) is 6.85. The van der Waals surface area contributed by atoms with Gasteiger partial charge in [0, 0.05) is 6.07 Å². The maximum Gasteiger partial charge on any atom is 0.339 e. The molecule has 0 unspecified atom stereocenters. The molecule has 0 aromatic heterocycles. The summed E-state index contributed by atoms with van der Waals surface area (Å²) in [6.07, 6.45) is 0. The van der Waals surface area contributed by atoms with E-state index in [9.17, 15) is 21.9 Å². The van der Waals surface area contributed by atoms with Crippen molar-refractivity contribution in [1.29, 1.82) is 0 Å². The summed E-state index contributed by atoms with van der Waals surface area (Å²) in [4.78, 5) is -1.23. The van der Waals surface area contributed by atoms with Gasteiger partial charge >= 0.3 is 10.1 Å². The quantitative estimate of drug-likeness (QED) is 0.553. The molecule has 0 heterocycles. The highest BCUT2D eigenvalue weighted by Gasteiger charge is 2.24. The zero-order valence-corrected chi connectivity index (χ0v) is 12.4. The van der Waals surface area contributed by atoms with Gasteiger partial charge in [-0.05, 0) is 36.4 Å². The molecule has 0 saturated carbocycles. The van der Waals surface area contributed by atoms with Gasteiger partial charge in [0.2, 0.25) is 0 Å². The highest BCUT2D eigenvalue weighted by Crippen LogP contribution is 2.30. The van der Waals surface area contributed by atoms with Crippen LogP contribution in [0.4, 0.5) is 0 Å². The van der Waals surface area contributed by atoms with Gasteiger partial charge in [0.15, 0.2) is 5.75 Å². The number of rotatable bonds is 4. The molecule has 0 atom stereocenters. The predicted molar refractivity (Wildman–Crippen MR) is 73.8 cm³/mol. The van der Waals surface area contributed by atoms with Crippen LogP contribution in [0.2, 0.25) is 0 Å². The van der Waals surface area contributed by atoms with Gasteiger partial charge in [-0.25, -0.2) is 0 Å². The summed E-state index contributed by atoms with van der Waals surface area (Å²) in [5.74, 6) is -1.34. The van der Waals surface area contributed by atoms with Crippen LogP contribution in [0.25, 0.3) is 0 Å². The van der Waals surface area contributed by atoms with Gasteiger partial charge < -0.3 is 14.4 Å². The second-order valence-corrected chi connectivity index (χ2v) is 7.07. The van der Waals surface area contributed by atoms with E-state index in [1.54, 1.807) is 0 Å². The average Bonchev–Trinajstić information content (AvgIpc) is 2.40. The van der Waals surface area contributed by atoms with Crippen molar-refractivity contribution in [3.05, 3.63) is 42.5 Å². The molecule has 118 valence electrons. The fourth-order valence-corrected chi connectivity index (χ4v) is 3.18. The maximum absolute atomic E-state index is 12.0. The van der Waals surface area contributed by atoms with Crippen LogP contribution in [0.1, 0.15) is 0 Å². The highest BCUT2D eigenvalue weighted by molar-refractivity contribution is 7.87. The minimum atomic E-state index is -4.81. The summed E-state index contributed by atoms with van der Waals surface area (Å²) >= 11 is 0. The maximum atomic E-state index is 12.0. The second kappa shape index (κ2) is 5.48. The van der Waals surface area contributed by atoms with E-state index >= 15 is 0 Å². The lowest BCUT2D eigenvalue weighted by Gasteiger charge is -2.10. The van der Waals surface area contributed by atoms with Crippen LogP contribution in [-0.2, 0) is 20.2 Å². The Hall–Kier alpha value is -2.30. The van der Waals surface area contributed by atoms with Crippen LogP contribution in [0.5, 0.6) is 17.2 Å². The SMILES string of the molecule is O=S(=O)(O)c1cc(O)ccc1OS(=O)(=O)c1ccc(O)cc1. The van der Waals surface area contributed by atoms with Crippen molar-refractivity contribution in [3.8, 4) is 17.2 Å². The summed E-state index contributed by atoms with van der Waals surface area (Å²) in [5, 5.41) is 18.4. The molecule has 0 aliphatic rings. The fraction of sp³-hybridized carbons (Fsp3) is 0. The van der Waals surface area contributed by atoms with Gasteiger partial charge in [-0.1, -0.05) is 0 Å². The number of benzene rings is 2. The van der Waals surface area contributed by atoms with Crippen LogP contribution < -0.4 is 4.18 Å². The van der Waals surface area contributed by atoms with E-state index in [-0.39, 0.29) is 10.6 Å². The molecule has 2 aromatic carbocycles. The first kappa shape index (κ1) is 16.1. The Morgan fingerprint density at radius 2 is 1.36 bits per heavy atom. The number of phenols is 2. The third-order valence-corrected chi connectivity index (χ3v) is 4.65. The highest BCUT2D eigenvalue weighted by atomic mass is 32.2. The molecule has 0 aliphatic heterocycles. The van der Waals surface area contributed by atoms with Gasteiger partial charge in [-0.3, -0.25) is 4.55 Å². The van der Waals surface area contributed by atoms with Crippen LogP contribution >= 0.6 is 0 Å². The van der Waals surface area contributed by atoms with Gasteiger partial charge in [0.05, 0.1) is 0 Å². The number of hydrogen-bond donors (Lipinski definition) is 3. The Kier molecular flexibility index (Phi) is 4.00. The Labute approximate surface area is 126 Å². The Balaban J connectivity index is 2.49. The van der Waals surface area contributed by atoms with Crippen molar-refractivity contribution in [2.24, 2.45) is 0 Å². The lowest BCUT2D eigenvalue weighted by Crippen LogP contribution is -2.12. The van der Waals surface area contributed by atoms with Crippen molar-refractivity contribution in [3.63, 3.8) is 0 Å². The zero-order valence-electron chi connectivity index (χ0n) is 10.7. The van der Waals surface area contributed by atoms with E-state index < -0.39 is 36.6 Å². The Bertz CT molecular complexity index is 899. The van der Waals surface area contributed by atoms with Gasteiger partial charge in [0.1, 0.15) is 21.3 Å². The van der Waals surface area contributed by atoms with Gasteiger partial charge in [-0.2, -0.15) is 16.8 Å². The van der Waals surface area contributed by atoms with Crippen LogP contribution in [0.15, 0.2) is 52.3 Å². The third kappa shape index (κ3) is 3.47. The second-order valence-electron chi connectivity index (χ2n) is 4.14. The number of hydrogen-bond acceptors (Lipinski definition) is 7. The van der Waals surface area contributed by atoms with E-state index in [4.69, 9.17) is 9.66 Å². The molecule has 0 aliphatic carbocycles. The zero-order chi connectivity index (χ0) is 16.5. The summed E-state index contributed by atoms with van der Waals surface area (Å²) in [6.45, 7) is 0.